The van der Waals surface area contributed by atoms with E-state index in [0.717, 1.165) is 5.56 Å². The number of sulfonamides is 1. The summed E-state index contributed by atoms with van der Waals surface area (Å²) in [6.07, 6.45) is 0. The molecule has 2 atom stereocenters. The van der Waals surface area contributed by atoms with Gasteiger partial charge in [-0.1, -0.05) is 61.9 Å². The summed E-state index contributed by atoms with van der Waals surface area (Å²) >= 11 is 0. The van der Waals surface area contributed by atoms with Crippen molar-refractivity contribution in [1.82, 2.24) is 4.72 Å². The van der Waals surface area contributed by atoms with E-state index in [4.69, 9.17) is 4.74 Å². The van der Waals surface area contributed by atoms with Crippen molar-refractivity contribution in [2.24, 2.45) is 10.9 Å². The maximum absolute atomic E-state index is 13.5. The standard InChI is InChI=1S/C26H25N3O6S/c1-17(2)26(25(30)35-24(27-26)20-7-5-4-6-8-20)23(19-11-13-21(14-12-19)29(31)32)28-36(33,34)22-15-9-18(3)10-16-22/h4-17,23,28H,1-3H3/t23?,26-/m1/s1. The smallest absolute Gasteiger partial charge is 0.343 e. The van der Waals surface area contributed by atoms with Gasteiger partial charge < -0.3 is 4.74 Å². The Kier molecular flexibility index (Phi) is 6.75. The molecule has 1 aliphatic heterocycles. The molecule has 0 bridgehead atoms. The molecule has 1 N–H and O–H groups in total. The Balaban J connectivity index is 1.88. The predicted octanol–water partition coefficient (Wildman–Crippen LogP) is 4.32. The molecule has 0 amide bonds. The number of carbonyl (C=O) groups excluding carboxylic acids is 1. The number of nitro benzene ring substituents is 1. The molecule has 1 aliphatic rings. The zero-order valence-corrected chi connectivity index (χ0v) is 20.7. The third-order valence-corrected chi connectivity index (χ3v) is 7.62. The maximum atomic E-state index is 13.5. The number of ether oxygens (including phenoxy) is 1. The minimum atomic E-state index is -4.13. The van der Waals surface area contributed by atoms with E-state index in [1.807, 2.05) is 13.0 Å². The van der Waals surface area contributed by atoms with Crippen molar-refractivity contribution < 1.29 is 22.9 Å². The second-order valence-corrected chi connectivity index (χ2v) is 10.6. The van der Waals surface area contributed by atoms with E-state index in [0.29, 0.717) is 11.1 Å². The number of nitrogens with one attached hydrogen (secondary N) is 1. The number of cyclic esters (lactones) is 1. The Morgan fingerprint density at radius 1 is 0.972 bits per heavy atom. The number of benzene rings is 3. The molecular weight excluding hydrogens is 482 g/mol. The average Bonchev–Trinajstić information content (AvgIpc) is 3.21. The number of carbonyl (C=O) groups is 1. The van der Waals surface area contributed by atoms with Gasteiger partial charge in [0, 0.05) is 17.7 Å². The number of non-ortho nitro benzene ring substituents is 1. The normalized spacial score (nSPS) is 18.6. The van der Waals surface area contributed by atoms with E-state index in [9.17, 15) is 23.3 Å². The number of hydrogen-bond donors (Lipinski definition) is 1. The van der Waals surface area contributed by atoms with Crippen molar-refractivity contribution in [3.8, 4) is 0 Å². The quantitative estimate of drug-likeness (QED) is 0.275. The van der Waals surface area contributed by atoms with Crippen LogP contribution < -0.4 is 4.72 Å². The molecule has 0 saturated heterocycles. The highest BCUT2D eigenvalue weighted by atomic mass is 32.2. The zero-order valence-electron chi connectivity index (χ0n) is 19.9. The van der Waals surface area contributed by atoms with Crippen LogP contribution in [0.2, 0.25) is 0 Å². The van der Waals surface area contributed by atoms with Crippen LogP contribution in [0.5, 0.6) is 0 Å². The van der Waals surface area contributed by atoms with Gasteiger partial charge in [0.05, 0.1) is 15.9 Å². The van der Waals surface area contributed by atoms with Crippen molar-refractivity contribution in [1.29, 1.82) is 0 Å². The van der Waals surface area contributed by atoms with Crippen LogP contribution in [0.25, 0.3) is 0 Å². The molecule has 4 rings (SSSR count). The molecule has 0 fully saturated rings. The van der Waals surface area contributed by atoms with Gasteiger partial charge in [0.15, 0.2) is 5.54 Å². The van der Waals surface area contributed by atoms with E-state index in [2.05, 4.69) is 9.71 Å². The van der Waals surface area contributed by atoms with Crippen LogP contribution in [0.4, 0.5) is 5.69 Å². The average molecular weight is 508 g/mol. The van der Waals surface area contributed by atoms with E-state index < -0.39 is 38.4 Å². The fourth-order valence-electron chi connectivity index (χ4n) is 4.13. The number of aliphatic imine (C=N–C) groups is 1. The van der Waals surface area contributed by atoms with E-state index in [1.165, 1.54) is 36.4 Å². The predicted molar refractivity (Wildman–Crippen MR) is 134 cm³/mol. The number of aryl methyl sites for hydroxylation is 1. The first-order valence-electron chi connectivity index (χ1n) is 11.3. The van der Waals surface area contributed by atoms with E-state index >= 15 is 0 Å². The first-order chi connectivity index (χ1) is 17.0. The van der Waals surface area contributed by atoms with Crippen LogP contribution >= 0.6 is 0 Å². The lowest BCUT2D eigenvalue weighted by Crippen LogP contribution is -2.52. The Labute approximate surface area is 209 Å². The first-order valence-corrected chi connectivity index (χ1v) is 12.7. The second kappa shape index (κ2) is 9.63. The van der Waals surface area contributed by atoms with Crippen LogP contribution in [-0.2, 0) is 19.6 Å². The molecular formula is C26H25N3O6S. The highest BCUT2D eigenvalue weighted by Gasteiger charge is 2.56. The van der Waals surface area contributed by atoms with Gasteiger partial charge in [0.2, 0.25) is 15.9 Å². The number of nitrogens with zero attached hydrogens (tertiary/aromatic N) is 2. The molecule has 1 unspecified atom stereocenters. The Morgan fingerprint density at radius 2 is 1.58 bits per heavy atom. The maximum Gasteiger partial charge on any atom is 0.343 e. The van der Waals surface area contributed by atoms with Crippen LogP contribution in [0.1, 0.15) is 36.6 Å². The lowest BCUT2D eigenvalue weighted by atomic mass is 9.77. The molecule has 0 spiro atoms. The zero-order chi connectivity index (χ0) is 26.1. The summed E-state index contributed by atoms with van der Waals surface area (Å²) in [6, 6.07) is 19.3. The summed E-state index contributed by atoms with van der Waals surface area (Å²) in [4.78, 5) is 28.8. The third-order valence-electron chi connectivity index (χ3n) is 6.19. The van der Waals surface area contributed by atoms with Crippen molar-refractivity contribution in [3.05, 3.63) is 106 Å². The van der Waals surface area contributed by atoms with Gasteiger partial charge in [-0.3, -0.25) is 10.1 Å². The first kappa shape index (κ1) is 25.2. The number of hydrogen-bond acceptors (Lipinski definition) is 7. The number of rotatable bonds is 8. The summed E-state index contributed by atoms with van der Waals surface area (Å²) < 4.78 is 35.2. The summed E-state index contributed by atoms with van der Waals surface area (Å²) in [7, 11) is -4.13. The molecule has 3 aromatic rings. The Morgan fingerprint density at radius 3 is 2.14 bits per heavy atom. The highest BCUT2D eigenvalue weighted by molar-refractivity contribution is 7.89. The molecule has 1 heterocycles. The van der Waals surface area contributed by atoms with Gasteiger partial charge in [-0.05, 0) is 42.7 Å². The molecule has 9 nitrogen and oxygen atoms in total. The minimum Gasteiger partial charge on any atom is -0.405 e. The van der Waals surface area contributed by atoms with Crippen LogP contribution in [0.15, 0.2) is 88.8 Å². The van der Waals surface area contributed by atoms with Crippen LogP contribution in [-0.4, -0.2) is 30.7 Å². The molecule has 3 aromatic carbocycles. The van der Waals surface area contributed by atoms with Crippen molar-refractivity contribution >= 4 is 27.6 Å². The summed E-state index contributed by atoms with van der Waals surface area (Å²) in [6.45, 7) is 5.33. The van der Waals surface area contributed by atoms with Gasteiger partial charge in [0.25, 0.3) is 5.69 Å². The highest BCUT2D eigenvalue weighted by Crippen LogP contribution is 2.42. The van der Waals surface area contributed by atoms with Crippen molar-refractivity contribution in [2.45, 2.75) is 37.2 Å². The van der Waals surface area contributed by atoms with Crippen LogP contribution in [0, 0.1) is 23.0 Å². The van der Waals surface area contributed by atoms with Gasteiger partial charge in [-0.25, -0.2) is 22.9 Å². The molecule has 0 radical (unpaired) electrons. The van der Waals surface area contributed by atoms with Gasteiger partial charge in [-0.2, -0.15) is 0 Å². The number of esters is 1. The molecule has 36 heavy (non-hydrogen) atoms. The monoisotopic (exact) mass is 507 g/mol. The van der Waals surface area contributed by atoms with E-state index in [-0.39, 0.29) is 16.5 Å². The largest absolute Gasteiger partial charge is 0.405 e. The second-order valence-electron chi connectivity index (χ2n) is 8.87. The summed E-state index contributed by atoms with van der Waals surface area (Å²) in [5, 5.41) is 11.2. The lowest BCUT2D eigenvalue weighted by Gasteiger charge is -2.35. The fraction of sp³-hybridized carbons (Fsp3) is 0.231. The molecule has 10 heteroatoms. The molecule has 0 aliphatic carbocycles. The van der Waals surface area contributed by atoms with Crippen molar-refractivity contribution in [2.75, 3.05) is 0 Å². The van der Waals surface area contributed by atoms with Crippen molar-refractivity contribution in [3.63, 3.8) is 0 Å². The number of nitro groups is 1. The van der Waals surface area contributed by atoms with E-state index in [1.54, 1.807) is 50.2 Å². The topological polar surface area (TPSA) is 128 Å². The summed E-state index contributed by atoms with van der Waals surface area (Å²) in [5.74, 6) is -1.14. The van der Waals surface area contributed by atoms with Crippen LogP contribution in [0.3, 0.4) is 0 Å². The SMILES string of the molecule is Cc1ccc(S(=O)(=O)NC(c2ccc([N+](=O)[O-])cc2)[C@@]2(C(C)C)N=C(c3ccccc3)OC2=O)cc1. The fourth-order valence-corrected chi connectivity index (χ4v) is 5.39. The Hall–Kier alpha value is -3.89. The third kappa shape index (κ3) is 4.65. The minimum absolute atomic E-state index is 0.0116. The molecule has 0 aromatic heterocycles. The summed E-state index contributed by atoms with van der Waals surface area (Å²) in [5.41, 5.74) is -0.0489. The van der Waals surface area contributed by atoms with Gasteiger partial charge in [0.1, 0.15) is 0 Å². The van der Waals surface area contributed by atoms with Gasteiger partial charge in [-0.15, -0.1) is 0 Å². The molecule has 186 valence electrons. The van der Waals surface area contributed by atoms with Gasteiger partial charge >= 0.3 is 5.97 Å². The Bertz CT molecular complexity index is 1420. The molecule has 0 saturated carbocycles. The lowest BCUT2D eigenvalue weighted by molar-refractivity contribution is -0.384.